The zero-order chi connectivity index (χ0) is 10.5. The van der Waals surface area contributed by atoms with Crippen LogP contribution in [-0.2, 0) is 18.2 Å². The number of hydrogen-bond donors (Lipinski definition) is 0. The minimum Gasteiger partial charge on any atom is -0.329 e. The lowest BCUT2D eigenvalue weighted by atomic mass is 10.9. The van der Waals surface area contributed by atoms with E-state index in [2.05, 4.69) is 0 Å². The van der Waals surface area contributed by atoms with Gasteiger partial charge in [-0.05, 0) is 25.1 Å². The normalized spacial score (nSPS) is 20.6. The molecule has 0 aliphatic carbocycles. The van der Waals surface area contributed by atoms with Gasteiger partial charge in [0.25, 0.3) is 6.72 Å². The summed E-state index contributed by atoms with van der Waals surface area (Å²) in [5, 5.41) is 0. The Bertz CT molecular complexity index is 219. The molecule has 0 bridgehead atoms. The lowest BCUT2D eigenvalue weighted by molar-refractivity contribution is 0.331. The first-order chi connectivity index (χ1) is 5.83. The molecule has 80 valence electrons. The second-order valence-corrected chi connectivity index (χ2v) is 8.98. The number of rotatable bonds is 6. The molecule has 0 rings (SSSR count). The smallest absolute Gasteiger partial charge is 0.299 e. The van der Waals surface area contributed by atoms with Crippen LogP contribution in [-0.4, -0.2) is 25.8 Å². The van der Waals surface area contributed by atoms with Crippen molar-refractivity contribution in [3.63, 3.8) is 0 Å². The molecule has 0 radical (unpaired) electrons. The molecule has 2 unspecified atom stereocenters. The van der Waals surface area contributed by atoms with E-state index >= 15 is 0 Å². The van der Waals surface area contributed by atoms with Crippen molar-refractivity contribution in [3.05, 3.63) is 0 Å². The van der Waals surface area contributed by atoms with E-state index in [4.69, 9.17) is 20.3 Å². The Hall–Kier alpha value is 0.670. The van der Waals surface area contributed by atoms with Gasteiger partial charge < -0.3 is 9.05 Å². The van der Waals surface area contributed by atoms with Gasteiger partial charge in [-0.25, -0.2) is 0 Å². The molecule has 0 saturated carbocycles. The first-order valence-electron chi connectivity index (χ1n) is 3.97. The monoisotopic (exact) mass is 248 g/mol. The summed E-state index contributed by atoms with van der Waals surface area (Å²) in [6.07, 6.45) is 0. The zero-order valence-corrected chi connectivity index (χ0v) is 10.6. The average Bonchev–Trinajstić information content (AvgIpc) is 1.82. The molecular formula is C6H15ClO4P2. The molecule has 0 amide bonds. The quantitative estimate of drug-likeness (QED) is 0.677. The Morgan fingerprint density at radius 3 is 2.00 bits per heavy atom. The Kier molecular flexibility index (Phi) is 5.81. The fourth-order valence-electron chi connectivity index (χ4n) is 0.854. The molecule has 2 atom stereocenters. The predicted octanol–water partition coefficient (Wildman–Crippen LogP) is 3.36. The summed E-state index contributed by atoms with van der Waals surface area (Å²) in [5.41, 5.74) is 0. The van der Waals surface area contributed by atoms with Gasteiger partial charge in [0, 0.05) is 6.66 Å². The Morgan fingerprint density at radius 1 is 1.15 bits per heavy atom. The van der Waals surface area contributed by atoms with Crippen LogP contribution in [0.3, 0.4) is 0 Å². The molecule has 0 fully saturated rings. The molecule has 13 heavy (non-hydrogen) atoms. The third-order valence-corrected chi connectivity index (χ3v) is 7.26. The fourth-order valence-corrected chi connectivity index (χ4v) is 6.93. The van der Waals surface area contributed by atoms with Crippen LogP contribution < -0.4 is 0 Å². The van der Waals surface area contributed by atoms with Crippen molar-refractivity contribution in [1.29, 1.82) is 0 Å². The highest BCUT2D eigenvalue weighted by Gasteiger charge is 2.30. The summed E-state index contributed by atoms with van der Waals surface area (Å²) < 4.78 is 32.7. The predicted molar refractivity (Wildman–Crippen MR) is 55.1 cm³/mol. The second kappa shape index (κ2) is 5.53. The SMILES string of the molecule is CCOP(C)(=O)CP(=O)(Cl)OCC. The number of hydrogen-bond acceptors (Lipinski definition) is 4. The highest BCUT2D eigenvalue weighted by Crippen LogP contribution is 2.64. The molecule has 0 aromatic heterocycles. The van der Waals surface area contributed by atoms with E-state index in [-0.39, 0.29) is 12.5 Å². The Labute approximate surface area is 83.6 Å². The molecule has 4 nitrogen and oxygen atoms in total. The molecule has 0 saturated heterocycles. The zero-order valence-electron chi connectivity index (χ0n) is 8.03. The summed E-state index contributed by atoms with van der Waals surface area (Å²) in [5.74, 6) is -0.205. The molecule has 0 heterocycles. The average molecular weight is 249 g/mol. The first-order valence-corrected chi connectivity index (χ1v) is 8.94. The van der Waals surface area contributed by atoms with Crippen LogP contribution in [0.1, 0.15) is 13.8 Å². The largest absolute Gasteiger partial charge is 0.329 e. The van der Waals surface area contributed by atoms with Gasteiger partial charge in [-0.2, -0.15) is 0 Å². The van der Waals surface area contributed by atoms with Gasteiger partial charge in [-0.1, -0.05) is 0 Å². The fraction of sp³-hybridized carbons (Fsp3) is 1.00. The molecule has 0 aromatic rings. The molecule has 7 heteroatoms. The molecule has 0 N–H and O–H groups in total. The topological polar surface area (TPSA) is 52.6 Å². The maximum absolute atomic E-state index is 11.5. The standard InChI is InChI=1S/C6H15ClO4P2/c1-4-10-12(3,8)6-13(7,9)11-5-2/h4-6H2,1-3H3. The highest BCUT2D eigenvalue weighted by molar-refractivity contribution is 7.92. The Balaban J connectivity index is 4.25. The van der Waals surface area contributed by atoms with Crippen LogP contribution in [0, 0.1) is 0 Å². The summed E-state index contributed by atoms with van der Waals surface area (Å²) >= 11 is 5.54. The van der Waals surface area contributed by atoms with E-state index in [1.807, 2.05) is 0 Å². The van der Waals surface area contributed by atoms with Crippen LogP contribution in [0.5, 0.6) is 0 Å². The van der Waals surface area contributed by atoms with Crippen LogP contribution in [0.15, 0.2) is 0 Å². The second-order valence-electron chi connectivity index (χ2n) is 2.58. The van der Waals surface area contributed by atoms with Crippen LogP contribution in [0.4, 0.5) is 0 Å². The number of halogens is 1. The van der Waals surface area contributed by atoms with Gasteiger partial charge in [-0.15, -0.1) is 0 Å². The maximum atomic E-state index is 11.5. The minimum absolute atomic E-state index is 0.205. The van der Waals surface area contributed by atoms with E-state index in [9.17, 15) is 9.13 Å². The maximum Gasteiger partial charge on any atom is 0.299 e. The summed E-state index contributed by atoms with van der Waals surface area (Å²) in [7, 11) is -2.86. The lowest BCUT2D eigenvalue weighted by Gasteiger charge is -2.15. The van der Waals surface area contributed by atoms with Crippen molar-refractivity contribution in [2.75, 3.05) is 25.8 Å². The van der Waals surface area contributed by atoms with Gasteiger partial charge in [0.1, 0.15) is 5.90 Å². The van der Waals surface area contributed by atoms with E-state index in [1.165, 1.54) is 6.66 Å². The van der Waals surface area contributed by atoms with Crippen molar-refractivity contribution < 1.29 is 18.2 Å². The van der Waals surface area contributed by atoms with Crippen molar-refractivity contribution in [2.45, 2.75) is 13.8 Å². The molecular weight excluding hydrogens is 233 g/mol. The van der Waals surface area contributed by atoms with Gasteiger partial charge >= 0.3 is 0 Å². The van der Waals surface area contributed by atoms with Crippen molar-refractivity contribution >= 4 is 25.3 Å². The van der Waals surface area contributed by atoms with Crippen LogP contribution in [0.2, 0.25) is 0 Å². The molecule has 0 spiro atoms. The summed E-state index contributed by atoms with van der Waals surface area (Å²) in [6, 6.07) is 0. The van der Waals surface area contributed by atoms with E-state index in [0.29, 0.717) is 6.61 Å². The lowest BCUT2D eigenvalue weighted by Crippen LogP contribution is -1.95. The third kappa shape index (κ3) is 6.70. The van der Waals surface area contributed by atoms with Gasteiger partial charge in [0.15, 0.2) is 0 Å². The Morgan fingerprint density at radius 2 is 1.62 bits per heavy atom. The molecule has 0 aromatic carbocycles. The van der Waals surface area contributed by atoms with Crippen molar-refractivity contribution in [3.8, 4) is 0 Å². The molecule has 0 aliphatic rings. The van der Waals surface area contributed by atoms with Crippen LogP contribution >= 0.6 is 25.3 Å². The van der Waals surface area contributed by atoms with Crippen LogP contribution in [0.25, 0.3) is 0 Å². The summed E-state index contributed by atoms with van der Waals surface area (Å²) in [6.45, 7) is 2.10. The molecule has 0 aliphatic heterocycles. The van der Waals surface area contributed by atoms with Crippen molar-refractivity contribution in [2.24, 2.45) is 0 Å². The first kappa shape index (κ1) is 13.7. The van der Waals surface area contributed by atoms with Gasteiger partial charge in [-0.3, -0.25) is 9.13 Å². The van der Waals surface area contributed by atoms with Gasteiger partial charge in [0.2, 0.25) is 7.37 Å². The highest BCUT2D eigenvalue weighted by atomic mass is 35.7. The van der Waals surface area contributed by atoms with Crippen molar-refractivity contribution in [1.82, 2.24) is 0 Å². The third-order valence-electron chi connectivity index (χ3n) is 1.15. The van der Waals surface area contributed by atoms with E-state index < -0.39 is 14.1 Å². The van der Waals surface area contributed by atoms with Gasteiger partial charge in [0.05, 0.1) is 13.2 Å². The summed E-state index contributed by atoms with van der Waals surface area (Å²) in [4.78, 5) is 0. The minimum atomic E-state index is -3.26. The van der Waals surface area contributed by atoms with E-state index in [0.717, 1.165) is 0 Å². The van der Waals surface area contributed by atoms with E-state index in [1.54, 1.807) is 13.8 Å².